The van der Waals surface area contributed by atoms with Crippen molar-refractivity contribution in [2.24, 2.45) is 0 Å². The molecule has 0 aliphatic rings. The maximum absolute atomic E-state index is 11.7. The molecule has 0 aliphatic carbocycles. The van der Waals surface area contributed by atoms with Gasteiger partial charge in [0.2, 0.25) is 9.84 Å². The van der Waals surface area contributed by atoms with Crippen molar-refractivity contribution in [3.63, 3.8) is 0 Å². The molecule has 0 heterocycles. The largest absolute Gasteiger partial charge is 0.295 e. The molecule has 0 aromatic heterocycles. The molecule has 1 aromatic rings. The Kier molecular flexibility index (Phi) is 4.14. The molecule has 8 nitrogen and oxygen atoms in total. The van der Waals surface area contributed by atoms with Crippen LogP contribution >= 0.6 is 0 Å². The van der Waals surface area contributed by atoms with E-state index in [1.165, 1.54) is 0 Å². The predicted octanol–water partition coefficient (Wildman–Crippen LogP) is 0.406. The Balaban J connectivity index is 4.02. The maximum Gasteiger partial charge on any atom is 0.295 e. The number of hydrogen-bond acceptors (Lipinski definition) is 6. The normalized spacial score (nSPS) is 13.2. The number of hydrogen-bond donors (Lipinski definition) is 2. The standard InChI is InChI=1S/C9H10O8S3/c1-3-18(10,11)8-4-6(2)7(19(12,13)14)5-9(8)20(15,16)17/h3-5H,1H2,2H3,(H,12,13,14)(H,15,16,17). The first-order chi connectivity index (χ1) is 8.80. The fourth-order valence-corrected chi connectivity index (χ4v) is 4.35. The second kappa shape index (κ2) is 4.93. The van der Waals surface area contributed by atoms with Crippen molar-refractivity contribution >= 4 is 30.1 Å². The molecule has 0 aliphatic heterocycles. The van der Waals surface area contributed by atoms with Gasteiger partial charge in [-0.1, -0.05) is 6.58 Å². The van der Waals surface area contributed by atoms with Gasteiger partial charge in [0.05, 0.1) is 9.79 Å². The molecular formula is C9H10O8S3. The van der Waals surface area contributed by atoms with E-state index in [1.54, 1.807) is 0 Å². The minimum Gasteiger partial charge on any atom is -0.282 e. The van der Waals surface area contributed by atoms with Crippen molar-refractivity contribution in [1.82, 2.24) is 0 Å². The first-order valence-electron chi connectivity index (χ1n) is 4.78. The highest BCUT2D eigenvalue weighted by molar-refractivity contribution is 7.95. The average molecular weight is 342 g/mol. The Bertz CT molecular complexity index is 875. The van der Waals surface area contributed by atoms with Crippen LogP contribution in [0.3, 0.4) is 0 Å². The van der Waals surface area contributed by atoms with E-state index < -0.39 is 44.8 Å². The first kappa shape index (κ1) is 16.8. The zero-order chi connectivity index (χ0) is 15.9. The van der Waals surface area contributed by atoms with Gasteiger partial charge in [0, 0.05) is 5.41 Å². The summed E-state index contributed by atoms with van der Waals surface area (Å²) in [6.07, 6.45) is 0. The molecule has 20 heavy (non-hydrogen) atoms. The second-order valence-corrected chi connectivity index (χ2v) is 8.37. The number of aryl methyl sites for hydroxylation is 1. The quantitative estimate of drug-likeness (QED) is 0.749. The summed E-state index contributed by atoms with van der Waals surface area (Å²) in [5.74, 6) is 0. The molecule has 0 saturated carbocycles. The monoisotopic (exact) mass is 342 g/mol. The molecule has 0 unspecified atom stereocenters. The summed E-state index contributed by atoms with van der Waals surface area (Å²) in [6.45, 7) is 4.15. The molecule has 0 atom stereocenters. The third-order valence-corrected chi connectivity index (χ3v) is 5.73. The van der Waals surface area contributed by atoms with Crippen molar-refractivity contribution in [1.29, 1.82) is 0 Å². The van der Waals surface area contributed by atoms with Gasteiger partial charge in [-0.2, -0.15) is 16.8 Å². The number of benzene rings is 1. The Morgan fingerprint density at radius 2 is 1.35 bits per heavy atom. The highest BCUT2D eigenvalue weighted by atomic mass is 32.2. The lowest BCUT2D eigenvalue weighted by molar-refractivity contribution is 0.477. The molecule has 0 spiro atoms. The van der Waals surface area contributed by atoms with E-state index in [-0.39, 0.29) is 5.56 Å². The lowest BCUT2D eigenvalue weighted by Crippen LogP contribution is -2.11. The number of rotatable bonds is 4. The Labute approximate surface area is 116 Å². The summed E-state index contributed by atoms with van der Waals surface area (Å²) in [6, 6.07) is 1.08. The summed E-state index contributed by atoms with van der Waals surface area (Å²) < 4.78 is 85.8. The van der Waals surface area contributed by atoms with Gasteiger partial charge in [-0.3, -0.25) is 9.11 Å². The van der Waals surface area contributed by atoms with Crippen LogP contribution in [0.4, 0.5) is 0 Å². The number of sulfone groups is 1. The van der Waals surface area contributed by atoms with Crippen LogP contribution in [0.1, 0.15) is 5.56 Å². The van der Waals surface area contributed by atoms with E-state index in [0.29, 0.717) is 17.5 Å². The molecule has 112 valence electrons. The lowest BCUT2D eigenvalue weighted by atomic mass is 10.2. The minimum absolute atomic E-state index is 0.208. The van der Waals surface area contributed by atoms with Crippen molar-refractivity contribution in [3.05, 3.63) is 29.7 Å². The van der Waals surface area contributed by atoms with Crippen LogP contribution in [-0.4, -0.2) is 34.4 Å². The lowest BCUT2D eigenvalue weighted by Gasteiger charge is -2.10. The van der Waals surface area contributed by atoms with Gasteiger partial charge in [-0.25, -0.2) is 8.42 Å². The van der Waals surface area contributed by atoms with Crippen LogP contribution in [-0.2, 0) is 30.1 Å². The maximum atomic E-state index is 11.7. The predicted molar refractivity (Wildman–Crippen MR) is 68.2 cm³/mol. The third kappa shape index (κ3) is 3.24. The zero-order valence-electron chi connectivity index (χ0n) is 10.0. The Hall–Kier alpha value is -1.27. The van der Waals surface area contributed by atoms with Gasteiger partial charge >= 0.3 is 0 Å². The van der Waals surface area contributed by atoms with Gasteiger partial charge in [0.15, 0.2) is 0 Å². The third-order valence-electron chi connectivity index (χ3n) is 2.32. The van der Waals surface area contributed by atoms with Gasteiger partial charge in [0.1, 0.15) is 4.90 Å². The Morgan fingerprint density at radius 1 is 0.900 bits per heavy atom. The fourth-order valence-electron chi connectivity index (χ4n) is 1.43. The van der Waals surface area contributed by atoms with E-state index >= 15 is 0 Å². The minimum atomic E-state index is -5.03. The first-order valence-corrected chi connectivity index (χ1v) is 9.20. The van der Waals surface area contributed by atoms with Crippen LogP contribution in [0.5, 0.6) is 0 Å². The molecule has 2 N–H and O–H groups in total. The van der Waals surface area contributed by atoms with Crippen LogP contribution in [0.25, 0.3) is 0 Å². The average Bonchev–Trinajstić information content (AvgIpc) is 2.25. The van der Waals surface area contributed by atoms with Crippen LogP contribution < -0.4 is 0 Å². The topological polar surface area (TPSA) is 143 Å². The second-order valence-electron chi connectivity index (χ2n) is 3.73. The Morgan fingerprint density at radius 3 is 1.70 bits per heavy atom. The van der Waals surface area contributed by atoms with Gasteiger partial charge in [-0.15, -0.1) is 0 Å². The summed E-state index contributed by atoms with van der Waals surface area (Å²) in [5.41, 5.74) is -0.208. The van der Waals surface area contributed by atoms with E-state index in [1.807, 2.05) is 0 Å². The summed E-state index contributed by atoms with van der Waals surface area (Å²) >= 11 is 0. The molecule has 0 amide bonds. The van der Waals surface area contributed by atoms with Crippen molar-refractivity contribution in [3.8, 4) is 0 Å². The van der Waals surface area contributed by atoms with Gasteiger partial charge in [-0.05, 0) is 24.6 Å². The van der Waals surface area contributed by atoms with E-state index in [9.17, 15) is 25.3 Å². The summed E-state index contributed by atoms with van der Waals surface area (Å²) in [4.78, 5) is -2.82. The highest BCUT2D eigenvalue weighted by Crippen LogP contribution is 2.28. The molecule has 0 radical (unpaired) electrons. The van der Waals surface area contributed by atoms with Crippen LogP contribution in [0.15, 0.2) is 38.8 Å². The SMILES string of the molecule is C=CS(=O)(=O)c1cc(C)c(S(=O)(=O)O)cc1S(=O)(=O)O. The zero-order valence-corrected chi connectivity index (χ0v) is 12.5. The molecule has 1 rings (SSSR count). The van der Waals surface area contributed by atoms with Crippen LogP contribution in [0, 0.1) is 6.92 Å². The van der Waals surface area contributed by atoms with E-state index in [0.717, 1.165) is 6.92 Å². The van der Waals surface area contributed by atoms with Crippen molar-refractivity contribution in [2.75, 3.05) is 0 Å². The molecule has 1 aromatic carbocycles. The summed E-state index contributed by atoms with van der Waals surface area (Å²) in [5, 5.41) is 0.448. The van der Waals surface area contributed by atoms with Crippen LogP contribution in [0.2, 0.25) is 0 Å². The van der Waals surface area contributed by atoms with E-state index in [2.05, 4.69) is 6.58 Å². The van der Waals surface area contributed by atoms with Crippen molar-refractivity contribution < 1.29 is 34.4 Å². The van der Waals surface area contributed by atoms with E-state index in [4.69, 9.17) is 9.11 Å². The summed E-state index contributed by atoms with van der Waals surface area (Å²) in [7, 11) is -14.1. The molecule has 0 fully saturated rings. The molecule has 0 saturated heterocycles. The molecule has 0 bridgehead atoms. The highest BCUT2D eigenvalue weighted by Gasteiger charge is 2.27. The smallest absolute Gasteiger partial charge is 0.282 e. The van der Waals surface area contributed by atoms with Gasteiger partial charge in [0.25, 0.3) is 20.2 Å². The van der Waals surface area contributed by atoms with Gasteiger partial charge < -0.3 is 0 Å². The molecule has 11 heteroatoms. The van der Waals surface area contributed by atoms with Crippen molar-refractivity contribution in [2.45, 2.75) is 21.6 Å². The molecular weight excluding hydrogens is 332 g/mol. The fraction of sp³-hybridized carbons (Fsp3) is 0.111.